The lowest BCUT2D eigenvalue weighted by Crippen LogP contribution is -2.44. The second-order valence-corrected chi connectivity index (χ2v) is 8.22. The Labute approximate surface area is 163 Å². The van der Waals surface area contributed by atoms with E-state index in [2.05, 4.69) is 15.4 Å². The van der Waals surface area contributed by atoms with E-state index in [4.69, 9.17) is 14.2 Å². The molecular weight excluding hydrogens is 390 g/mol. The third-order valence-electron chi connectivity index (χ3n) is 4.38. The van der Waals surface area contributed by atoms with Crippen molar-refractivity contribution in [3.63, 3.8) is 0 Å². The Morgan fingerprint density at radius 3 is 2.46 bits per heavy atom. The lowest BCUT2D eigenvalue weighted by molar-refractivity contribution is -0.114. The second-order valence-electron chi connectivity index (χ2n) is 6.50. The quantitative estimate of drug-likeness (QED) is 0.607. The van der Waals surface area contributed by atoms with Crippen molar-refractivity contribution < 1.29 is 32.2 Å². The number of anilines is 1. The fourth-order valence-corrected chi connectivity index (χ4v) is 4.41. The number of carbonyl (C=O) groups excluding carboxylic acids is 2. The van der Waals surface area contributed by atoms with Crippen LogP contribution in [-0.4, -0.2) is 64.5 Å². The maximum Gasteiger partial charge on any atom is 0.407 e. The van der Waals surface area contributed by atoms with E-state index >= 15 is 0 Å². The van der Waals surface area contributed by atoms with Crippen molar-refractivity contribution in [2.24, 2.45) is 0 Å². The van der Waals surface area contributed by atoms with Gasteiger partial charge in [0.05, 0.1) is 24.2 Å². The molecule has 2 heterocycles. The molecule has 0 saturated carbocycles. The molecule has 10 nitrogen and oxygen atoms in total. The van der Waals surface area contributed by atoms with Crippen molar-refractivity contribution in [3.8, 4) is 0 Å². The molecule has 2 saturated heterocycles. The van der Waals surface area contributed by atoms with Crippen LogP contribution >= 0.6 is 0 Å². The number of amides is 2. The number of alkyl carbamates (subject to hydrolysis) is 1. The first kappa shape index (κ1) is 20.5. The Balaban J connectivity index is 1.62. The van der Waals surface area contributed by atoms with Gasteiger partial charge in [-0.15, -0.1) is 0 Å². The van der Waals surface area contributed by atoms with E-state index in [1.807, 2.05) is 0 Å². The van der Waals surface area contributed by atoms with Gasteiger partial charge in [-0.1, -0.05) is 0 Å². The average Bonchev–Trinajstić information content (AvgIpc) is 3.19. The van der Waals surface area contributed by atoms with Gasteiger partial charge in [-0.05, 0) is 31.2 Å². The minimum Gasteiger partial charge on any atom is -0.441 e. The Hall–Kier alpha value is -2.21. The molecule has 1 aromatic rings. The Kier molecular flexibility index (Phi) is 6.18. The van der Waals surface area contributed by atoms with Gasteiger partial charge in [0.15, 0.2) is 6.10 Å². The van der Waals surface area contributed by atoms with Crippen LogP contribution in [0.4, 0.5) is 10.5 Å². The van der Waals surface area contributed by atoms with Crippen molar-refractivity contribution in [2.45, 2.75) is 43.1 Å². The summed E-state index contributed by atoms with van der Waals surface area (Å²) in [6, 6.07) is 5.21. The molecule has 2 fully saturated rings. The molecule has 0 aliphatic carbocycles. The predicted molar refractivity (Wildman–Crippen MR) is 98.3 cm³/mol. The fourth-order valence-electron chi connectivity index (χ4n) is 3.18. The monoisotopic (exact) mass is 413 g/mol. The molecule has 0 unspecified atom stereocenters. The van der Waals surface area contributed by atoms with E-state index in [0.717, 1.165) is 0 Å². The van der Waals surface area contributed by atoms with Crippen LogP contribution < -0.4 is 15.4 Å². The van der Waals surface area contributed by atoms with E-state index in [1.165, 1.54) is 31.2 Å². The summed E-state index contributed by atoms with van der Waals surface area (Å²) >= 11 is 0. The van der Waals surface area contributed by atoms with Crippen LogP contribution in [0.3, 0.4) is 0 Å². The molecule has 0 spiro atoms. The number of sulfonamides is 1. The maximum absolute atomic E-state index is 12.6. The zero-order valence-electron chi connectivity index (χ0n) is 15.5. The van der Waals surface area contributed by atoms with E-state index in [0.29, 0.717) is 12.2 Å². The number of hydrogen-bond acceptors (Lipinski definition) is 7. The van der Waals surface area contributed by atoms with Crippen molar-refractivity contribution >= 4 is 27.7 Å². The number of fused-ring (bicyclic) bond motifs is 1. The van der Waals surface area contributed by atoms with Crippen LogP contribution in [0.1, 0.15) is 13.8 Å². The largest absolute Gasteiger partial charge is 0.441 e. The first-order valence-corrected chi connectivity index (χ1v) is 10.4. The van der Waals surface area contributed by atoms with Crippen molar-refractivity contribution in [3.05, 3.63) is 24.3 Å². The van der Waals surface area contributed by atoms with Crippen LogP contribution in [-0.2, 0) is 29.0 Å². The standard InChI is InChI=1S/C17H23N3O7S/c1-3-18-17(22)27-14-9-26-15-13(8-25-16(14)15)20-28(23,24)12-6-4-11(5-7-12)19-10(2)21/h4-7,13-16,20H,3,8-9H2,1-2H3,(H,18,22)(H,19,21)/t13-,14-,15-,16+/m0/s1. The van der Waals surface area contributed by atoms with Crippen molar-refractivity contribution in [1.82, 2.24) is 10.0 Å². The van der Waals surface area contributed by atoms with Gasteiger partial charge in [0.2, 0.25) is 15.9 Å². The third-order valence-corrected chi connectivity index (χ3v) is 5.88. The van der Waals surface area contributed by atoms with E-state index < -0.39 is 40.5 Å². The van der Waals surface area contributed by atoms with E-state index in [9.17, 15) is 18.0 Å². The summed E-state index contributed by atoms with van der Waals surface area (Å²) in [5.41, 5.74) is 0.500. The minimum absolute atomic E-state index is 0.0539. The Morgan fingerprint density at radius 2 is 1.82 bits per heavy atom. The topological polar surface area (TPSA) is 132 Å². The maximum atomic E-state index is 12.6. The third kappa shape index (κ3) is 4.61. The molecule has 2 aliphatic heterocycles. The van der Waals surface area contributed by atoms with Gasteiger partial charge in [0.25, 0.3) is 0 Å². The highest BCUT2D eigenvalue weighted by Gasteiger charge is 2.50. The van der Waals surface area contributed by atoms with Crippen LogP contribution in [0.15, 0.2) is 29.2 Å². The highest BCUT2D eigenvalue weighted by molar-refractivity contribution is 7.89. The van der Waals surface area contributed by atoms with Gasteiger partial charge < -0.3 is 24.8 Å². The lowest BCUT2D eigenvalue weighted by atomic mass is 10.1. The van der Waals surface area contributed by atoms with E-state index in [1.54, 1.807) is 6.92 Å². The van der Waals surface area contributed by atoms with Crippen molar-refractivity contribution in [1.29, 1.82) is 0 Å². The molecule has 11 heteroatoms. The summed E-state index contributed by atoms with van der Waals surface area (Å²) in [5.74, 6) is -0.245. The van der Waals surface area contributed by atoms with Crippen molar-refractivity contribution in [2.75, 3.05) is 25.1 Å². The molecule has 2 amide bonds. The van der Waals surface area contributed by atoms with Crippen LogP contribution in [0.5, 0.6) is 0 Å². The predicted octanol–water partition coefficient (Wildman–Crippen LogP) is 0.204. The molecule has 0 aromatic heterocycles. The van der Waals surface area contributed by atoms with E-state index in [-0.39, 0.29) is 24.0 Å². The second kappa shape index (κ2) is 8.43. The number of nitrogens with one attached hydrogen (secondary N) is 3. The molecule has 0 radical (unpaired) electrons. The van der Waals surface area contributed by atoms with Gasteiger partial charge in [-0.25, -0.2) is 17.9 Å². The van der Waals surface area contributed by atoms with Gasteiger partial charge in [-0.3, -0.25) is 4.79 Å². The summed E-state index contributed by atoms with van der Waals surface area (Å²) in [6.07, 6.45) is -2.24. The average molecular weight is 413 g/mol. The summed E-state index contributed by atoms with van der Waals surface area (Å²) < 4.78 is 44.4. The number of benzene rings is 1. The summed E-state index contributed by atoms with van der Waals surface area (Å²) in [5, 5.41) is 5.10. The zero-order valence-corrected chi connectivity index (χ0v) is 16.3. The molecule has 2 aliphatic rings. The molecule has 3 N–H and O–H groups in total. The molecule has 0 bridgehead atoms. The summed E-state index contributed by atoms with van der Waals surface area (Å²) in [7, 11) is -3.82. The van der Waals surface area contributed by atoms with Gasteiger partial charge >= 0.3 is 6.09 Å². The molecule has 3 rings (SSSR count). The van der Waals surface area contributed by atoms with Crippen LogP contribution in [0.2, 0.25) is 0 Å². The number of hydrogen-bond donors (Lipinski definition) is 3. The molecule has 28 heavy (non-hydrogen) atoms. The smallest absolute Gasteiger partial charge is 0.407 e. The summed E-state index contributed by atoms with van der Waals surface area (Å²) in [4.78, 5) is 22.7. The van der Waals surface area contributed by atoms with Gasteiger partial charge in [0.1, 0.15) is 12.2 Å². The Bertz CT molecular complexity index is 828. The number of carbonyl (C=O) groups is 2. The minimum atomic E-state index is -3.82. The first-order chi connectivity index (χ1) is 13.3. The number of ether oxygens (including phenoxy) is 3. The normalized spacial score (nSPS) is 26.5. The highest BCUT2D eigenvalue weighted by Crippen LogP contribution is 2.30. The molecule has 154 valence electrons. The SMILES string of the molecule is CCNC(=O)O[C@H]1CO[C@@H]2[C@@H]1OC[C@@H]2NS(=O)(=O)c1ccc(NC(C)=O)cc1. The summed E-state index contributed by atoms with van der Waals surface area (Å²) in [6.45, 7) is 3.82. The number of rotatable bonds is 6. The van der Waals surface area contributed by atoms with Gasteiger partial charge in [0, 0.05) is 19.2 Å². The Morgan fingerprint density at radius 1 is 1.14 bits per heavy atom. The zero-order chi connectivity index (χ0) is 20.3. The van der Waals surface area contributed by atoms with Crippen LogP contribution in [0.25, 0.3) is 0 Å². The molecule has 4 atom stereocenters. The first-order valence-electron chi connectivity index (χ1n) is 8.88. The fraction of sp³-hybridized carbons (Fsp3) is 0.529. The molecular formula is C17H23N3O7S. The molecule has 1 aromatic carbocycles. The highest BCUT2D eigenvalue weighted by atomic mass is 32.2. The lowest BCUT2D eigenvalue weighted by Gasteiger charge is -2.18. The van der Waals surface area contributed by atoms with Crippen LogP contribution in [0, 0.1) is 0 Å². The van der Waals surface area contributed by atoms with Gasteiger partial charge in [-0.2, -0.15) is 0 Å².